The zero-order chi connectivity index (χ0) is 21.7. The van der Waals surface area contributed by atoms with Crippen LogP contribution in [0.25, 0.3) is 0 Å². The van der Waals surface area contributed by atoms with Crippen LogP contribution in [0.1, 0.15) is 50.6 Å². The van der Waals surface area contributed by atoms with Crippen molar-refractivity contribution >= 4 is 17.6 Å². The third kappa shape index (κ3) is 4.03. The Morgan fingerprint density at radius 2 is 2.03 bits per heavy atom. The molecule has 1 aliphatic heterocycles. The maximum atomic E-state index is 10.9. The molecule has 7 rings (SSSR count). The standard InChI is InChI=1S/C23H32N6O3/c1-13-5-19(29-28-13)24-18-8-20(32-12-17-3-2-4-31-17)26-22(25-18)27-21-15-6-14-7-16(21)11-23(30,9-14)10-15/h5,8,14-17,21,30H,2-4,6-7,9-12H2,1H3,(H3,24,25,26,27,28,29). The van der Waals surface area contributed by atoms with E-state index in [1.165, 1.54) is 12.8 Å². The van der Waals surface area contributed by atoms with Crippen LogP contribution >= 0.6 is 0 Å². The molecular weight excluding hydrogens is 408 g/mol. The molecule has 4 saturated carbocycles. The highest BCUT2D eigenvalue weighted by atomic mass is 16.5. The van der Waals surface area contributed by atoms with E-state index in [4.69, 9.17) is 14.5 Å². The predicted octanol–water partition coefficient (Wildman–Crippen LogP) is 3.16. The number of hydrogen-bond donors (Lipinski definition) is 4. The number of ether oxygens (including phenoxy) is 2. The molecule has 3 unspecified atom stereocenters. The third-order valence-corrected chi connectivity index (χ3v) is 7.64. The molecular formula is C23H32N6O3. The lowest BCUT2D eigenvalue weighted by Crippen LogP contribution is -2.59. The molecule has 9 heteroatoms. The molecule has 172 valence electrons. The van der Waals surface area contributed by atoms with E-state index in [0.717, 1.165) is 44.4 Å². The molecule has 0 amide bonds. The maximum Gasteiger partial charge on any atom is 0.228 e. The van der Waals surface area contributed by atoms with Gasteiger partial charge < -0.3 is 25.2 Å². The minimum absolute atomic E-state index is 0.122. The second-order valence-corrected chi connectivity index (χ2v) is 10.3. The molecule has 2 aromatic rings. The highest BCUT2D eigenvalue weighted by Crippen LogP contribution is 2.56. The average Bonchev–Trinajstić information content (AvgIpc) is 3.40. The fourth-order valence-electron chi connectivity index (χ4n) is 6.56. The average molecular weight is 441 g/mol. The fraction of sp³-hybridized carbons (Fsp3) is 0.696. The first kappa shape index (κ1) is 20.2. The van der Waals surface area contributed by atoms with E-state index >= 15 is 0 Å². The van der Waals surface area contributed by atoms with Crippen molar-refractivity contribution in [1.29, 1.82) is 0 Å². The Bertz CT molecular complexity index is 958. The lowest BCUT2D eigenvalue weighted by Gasteiger charge is -2.58. The number of aliphatic hydroxyl groups is 1. The second-order valence-electron chi connectivity index (χ2n) is 10.3. The van der Waals surface area contributed by atoms with Crippen LogP contribution in [-0.2, 0) is 4.74 Å². The molecule has 3 atom stereocenters. The molecule has 0 radical (unpaired) electrons. The van der Waals surface area contributed by atoms with Gasteiger partial charge in [-0.05, 0) is 69.6 Å². The van der Waals surface area contributed by atoms with Crippen molar-refractivity contribution in [3.05, 3.63) is 17.8 Å². The van der Waals surface area contributed by atoms with Crippen LogP contribution in [0.2, 0.25) is 0 Å². The van der Waals surface area contributed by atoms with Gasteiger partial charge in [0.25, 0.3) is 0 Å². The van der Waals surface area contributed by atoms with Crippen molar-refractivity contribution < 1.29 is 14.6 Å². The number of aromatic amines is 1. The number of aromatic nitrogens is 4. The van der Waals surface area contributed by atoms with Gasteiger partial charge in [-0.3, -0.25) is 5.10 Å². The molecule has 0 aromatic carbocycles. The van der Waals surface area contributed by atoms with E-state index in [0.29, 0.717) is 53.9 Å². The summed E-state index contributed by atoms with van der Waals surface area (Å²) in [6, 6.07) is 4.03. The van der Waals surface area contributed by atoms with Crippen molar-refractivity contribution in [2.75, 3.05) is 23.8 Å². The summed E-state index contributed by atoms with van der Waals surface area (Å²) in [5.41, 5.74) is 0.521. The number of nitrogens with zero attached hydrogens (tertiary/aromatic N) is 3. The molecule has 32 heavy (non-hydrogen) atoms. The summed E-state index contributed by atoms with van der Waals surface area (Å²) < 4.78 is 11.7. The summed E-state index contributed by atoms with van der Waals surface area (Å²) in [6.45, 7) is 3.25. The minimum atomic E-state index is -0.452. The number of H-pyrrole nitrogens is 1. The van der Waals surface area contributed by atoms with E-state index in [9.17, 15) is 5.11 Å². The zero-order valence-electron chi connectivity index (χ0n) is 18.5. The Morgan fingerprint density at radius 1 is 1.19 bits per heavy atom. The predicted molar refractivity (Wildman–Crippen MR) is 119 cm³/mol. The summed E-state index contributed by atoms with van der Waals surface area (Å²) in [6.07, 6.45) is 7.32. The fourth-order valence-corrected chi connectivity index (χ4v) is 6.56. The number of hydrogen-bond acceptors (Lipinski definition) is 8. The van der Waals surface area contributed by atoms with Crippen LogP contribution in [0.5, 0.6) is 5.88 Å². The highest BCUT2D eigenvalue weighted by Gasteiger charge is 2.54. The first-order valence-corrected chi connectivity index (χ1v) is 11.9. The Morgan fingerprint density at radius 3 is 2.72 bits per heavy atom. The van der Waals surface area contributed by atoms with Gasteiger partial charge in [0.1, 0.15) is 12.4 Å². The molecule has 4 N–H and O–H groups in total. The van der Waals surface area contributed by atoms with E-state index < -0.39 is 5.60 Å². The van der Waals surface area contributed by atoms with Crippen molar-refractivity contribution in [2.45, 2.75) is 69.6 Å². The van der Waals surface area contributed by atoms with Gasteiger partial charge in [0, 0.05) is 30.5 Å². The SMILES string of the molecule is Cc1cc(Nc2cc(OCC3CCCO3)nc(NC3C4CC5CC3CC(O)(C5)C4)n2)n[nH]1. The van der Waals surface area contributed by atoms with Crippen LogP contribution in [0, 0.1) is 24.7 Å². The number of aryl methyl sites for hydroxylation is 1. The first-order valence-electron chi connectivity index (χ1n) is 11.9. The zero-order valence-corrected chi connectivity index (χ0v) is 18.5. The van der Waals surface area contributed by atoms with Crippen molar-refractivity contribution in [1.82, 2.24) is 20.2 Å². The summed E-state index contributed by atoms with van der Waals surface area (Å²) in [5.74, 6) is 4.03. The molecule has 3 heterocycles. The van der Waals surface area contributed by atoms with Gasteiger partial charge in [0.15, 0.2) is 5.82 Å². The van der Waals surface area contributed by atoms with Crippen molar-refractivity contribution in [3.8, 4) is 5.88 Å². The molecule has 5 aliphatic rings. The molecule has 5 fully saturated rings. The van der Waals surface area contributed by atoms with Crippen molar-refractivity contribution in [2.24, 2.45) is 17.8 Å². The lowest BCUT2D eigenvalue weighted by atomic mass is 9.52. The van der Waals surface area contributed by atoms with Crippen LogP contribution in [-0.4, -0.2) is 56.2 Å². The van der Waals surface area contributed by atoms with Gasteiger partial charge in [-0.15, -0.1) is 0 Å². The molecule has 4 bridgehead atoms. The Labute approximate surface area is 187 Å². The number of anilines is 3. The first-order chi connectivity index (χ1) is 15.5. The van der Waals surface area contributed by atoms with E-state index in [2.05, 4.69) is 25.8 Å². The molecule has 4 aliphatic carbocycles. The Balaban J connectivity index is 1.22. The van der Waals surface area contributed by atoms with Gasteiger partial charge >= 0.3 is 0 Å². The van der Waals surface area contributed by atoms with E-state index in [1.807, 2.05) is 19.1 Å². The molecule has 9 nitrogen and oxygen atoms in total. The normalized spacial score (nSPS) is 35.2. The van der Waals surface area contributed by atoms with Crippen LogP contribution in [0.4, 0.5) is 17.6 Å². The Hall–Kier alpha value is -2.39. The topological polar surface area (TPSA) is 117 Å². The van der Waals surface area contributed by atoms with Gasteiger partial charge in [-0.2, -0.15) is 15.1 Å². The number of nitrogens with one attached hydrogen (secondary N) is 3. The summed E-state index contributed by atoms with van der Waals surface area (Å²) in [7, 11) is 0. The summed E-state index contributed by atoms with van der Waals surface area (Å²) in [4.78, 5) is 9.41. The maximum absolute atomic E-state index is 10.9. The largest absolute Gasteiger partial charge is 0.475 e. The van der Waals surface area contributed by atoms with E-state index in [1.54, 1.807) is 0 Å². The molecule has 0 spiro atoms. The smallest absolute Gasteiger partial charge is 0.228 e. The van der Waals surface area contributed by atoms with Gasteiger partial charge in [0.2, 0.25) is 11.8 Å². The molecule has 2 aromatic heterocycles. The summed E-state index contributed by atoms with van der Waals surface area (Å²) in [5, 5.41) is 25.0. The molecule has 1 saturated heterocycles. The van der Waals surface area contributed by atoms with Crippen molar-refractivity contribution in [3.63, 3.8) is 0 Å². The van der Waals surface area contributed by atoms with Crippen LogP contribution < -0.4 is 15.4 Å². The monoisotopic (exact) mass is 440 g/mol. The summed E-state index contributed by atoms with van der Waals surface area (Å²) >= 11 is 0. The van der Waals surface area contributed by atoms with Crippen LogP contribution in [0.15, 0.2) is 12.1 Å². The van der Waals surface area contributed by atoms with Crippen LogP contribution in [0.3, 0.4) is 0 Å². The third-order valence-electron chi connectivity index (χ3n) is 7.64. The second kappa shape index (κ2) is 7.88. The highest BCUT2D eigenvalue weighted by molar-refractivity contribution is 5.55. The minimum Gasteiger partial charge on any atom is -0.475 e. The quantitative estimate of drug-likeness (QED) is 0.519. The number of rotatable bonds is 7. The lowest BCUT2D eigenvalue weighted by molar-refractivity contribution is -0.129. The Kier molecular flexibility index (Phi) is 4.98. The van der Waals surface area contributed by atoms with Gasteiger partial charge in [0.05, 0.1) is 11.7 Å². The van der Waals surface area contributed by atoms with E-state index in [-0.39, 0.29) is 6.10 Å². The van der Waals surface area contributed by atoms with Gasteiger partial charge in [-0.25, -0.2) is 0 Å². The van der Waals surface area contributed by atoms with Gasteiger partial charge in [-0.1, -0.05) is 0 Å².